The van der Waals surface area contributed by atoms with Crippen molar-refractivity contribution in [3.05, 3.63) is 56.9 Å². The van der Waals surface area contributed by atoms with Crippen LogP contribution in [0.25, 0.3) is 0 Å². The zero-order chi connectivity index (χ0) is 13.8. The van der Waals surface area contributed by atoms with Gasteiger partial charge in [-0.1, -0.05) is 53.0 Å². The number of hydrogen-bond acceptors (Lipinski definition) is 3. The predicted molar refractivity (Wildman–Crippen MR) is 76.9 cm³/mol. The molecule has 0 aliphatic rings. The molecule has 0 spiro atoms. The van der Waals surface area contributed by atoms with E-state index in [-0.39, 0.29) is 26.8 Å². The molecule has 2 aromatic rings. The third-order valence-electron chi connectivity index (χ3n) is 2.17. The minimum Gasteiger partial charge on any atom is -0.260 e. The fourth-order valence-corrected chi connectivity index (χ4v) is 1.81. The highest BCUT2D eigenvalue weighted by molar-refractivity contribution is 6.42. The molecule has 0 saturated heterocycles. The minimum absolute atomic E-state index is 0.106. The van der Waals surface area contributed by atoms with E-state index in [1.54, 1.807) is 18.2 Å². The van der Waals surface area contributed by atoms with Crippen molar-refractivity contribution < 1.29 is 4.39 Å². The molecule has 1 N–H and O–H groups in total. The van der Waals surface area contributed by atoms with Crippen molar-refractivity contribution in [3.8, 4) is 0 Å². The molecular formula is C12H7Cl3FN3. The Hall–Kier alpha value is -1.36. The third-order valence-corrected chi connectivity index (χ3v) is 3.13. The molecule has 7 heteroatoms. The van der Waals surface area contributed by atoms with Crippen LogP contribution in [-0.2, 0) is 0 Å². The number of hydrazone groups is 1. The highest BCUT2D eigenvalue weighted by atomic mass is 35.5. The Morgan fingerprint density at radius 3 is 2.63 bits per heavy atom. The Bertz CT molecular complexity index is 632. The number of halogens is 4. The van der Waals surface area contributed by atoms with E-state index in [9.17, 15) is 4.39 Å². The molecule has 0 atom stereocenters. The Labute approximate surface area is 124 Å². The maximum atomic E-state index is 13.3. The van der Waals surface area contributed by atoms with E-state index >= 15 is 0 Å². The van der Waals surface area contributed by atoms with Gasteiger partial charge in [0, 0.05) is 5.56 Å². The van der Waals surface area contributed by atoms with Crippen LogP contribution in [-0.4, -0.2) is 11.2 Å². The van der Waals surface area contributed by atoms with Crippen LogP contribution in [0, 0.1) is 5.82 Å². The van der Waals surface area contributed by atoms with Crippen molar-refractivity contribution >= 4 is 46.8 Å². The quantitative estimate of drug-likeness (QED) is 0.509. The number of aromatic nitrogens is 1. The molecule has 0 bridgehead atoms. The van der Waals surface area contributed by atoms with E-state index in [1.165, 1.54) is 18.3 Å². The average molecular weight is 319 g/mol. The van der Waals surface area contributed by atoms with Crippen LogP contribution in [0.15, 0.2) is 35.4 Å². The van der Waals surface area contributed by atoms with Crippen LogP contribution in [0.4, 0.5) is 10.2 Å². The Morgan fingerprint density at radius 1 is 1.16 bits per heavy atom. The van der Waals surface area contributed by atoms with Crippen LogP contribution in [0.1, 0.15) is 5.56 Å². The highest BCUT2D eigenvalue weighted by Gasteiger charge is 2.06. The lowest BCUT2D eigenvalue weighted by atomic mass is 10.2. The van der Waals surface area contributed by atoms with Gasteiger partial charge in [-0.3, -0.25) is 5.43 Å². The molecule has 1 aromatic heterocycles. The molecule has 0 fully saturated rings. The van der Waals surface area contributed by atoms with E-state index in [0.717, 1.165) is 0 Å². The number of hydrogen-bond donors (Lipinski definition) is 1. The number of nitrogens with zero attached hydrogens (tertiary/aromatic N) is 2. The topological polar surface area (TPSA) is 37.3 Å². The summed E-state index contributed by atoms with van der Waals surface area (Å²) in [6.07, 6.45) is 1.32. The van der Waals surface area contributed by atoms with Gasteiger partial charge in [0.05, 0.1) is 16.3 Å². The lowest BCUT2D eigenvalue weighted by Gasteiger charge is -2.04. The fraction of sp³-hybridized carbons (Fsp3) is 0. The minimum atomic E-state index is -0.374. The summed E-state index contributed by atoms with van der Waals surface area (Å²) < 4.78 is 13.3. The van der Waals surface area contributed by atoms with E-state index in [1.807, 2.05) is 0 Å². The summed E-state index contributed by atoms with van der Waals surface area (Å²) in [5, 5.41) is 4.46. The Balaban J connectivity index is 2.15. The number of pyridine rings is 1. The molecule has 0 amide bonds. The summed E-state index contributed by atoms with van der Waals surface area (Å²) in [7, 11) is 0. The molecule has 3 nitrogen and oxygen atoms in total. The maximum Gasteiger partial charge on any atom is 0.166 e. The van der Waals surface area contributed by atoms with E-state index in [0.29, 0.717) is 5.56 Å². The van der Waals surface area contributed by atoms with Crippen LogP contribution in [0.2, 0.25) is 15.2 Å². The van der Waals surface area contributed by atoms with Crippen molar-refractivity contribution in [1.29, 1.82) is 0 Å². The van der Waals surface area contributed by atoms with Gasteiger partial charge in [0.15, 0.2) is 5.82 Å². The second-order valence-electron chi connectivity index (χ2n) is 3.48. The first kappa shape index (κ1) is 14.1. The summed E-state index contributed by atoms with van der Waals surface area (Å²) in [5.74, 6) is -0.134. The maximum absolute atomic E-state index is 13.3. The Morgan fingerprint density at radius 2 is 1.89 bits per heavy atom. The van der Waals surface area contributed by atoms with E-state index in [2.05, 4.69) is 15.5 Å². The largest absolute Gasteiger partial charge is 0.260 e. The van der Waals surface area contributed by atoms with Crippen molar-refractivity contribution in [2.24, 2.45) is 5.10 Å². The normalized spacial score (nSPS) is 10.9. The molecule has 0 aliphatic heterocycles. The van der Waals surface area contributed by atoms with Crippen LogP contribution in [0.5, 0.6) is 0 Å². The molecular weight excluding hydrogens is 312 g/mol. The first-order chi connectivity index (χ1) is 9.08. The van der Waals surface area contributed by atoms with Crippen molar-refractivity contribution in [1.82, 2.24) is 4.98 Å². The third kappa shape index (κ3) is 3.56. The zero-order valence-corrected chi connectivity index (χ0v) is 11.6. The van der Waals surface area contributed by atoms with Gasteiger partial charge in [-0.05, 0) is 12.1 Å². The van der Waals surface area contributed by atoms with E-state index < -0.39 is 0 Å². The van der Waals surface area contributed by atoms with Gasteiger partial charge in [-0.2, -0.15) is 5.10 Å². The standard InChI is InChI=1S/C12H7Cl3FN3/c13-8-5-9(14)12(18-11(8)15)19-17-6-7-3-1-2-4-10(7)16/h1-6H,(H,18,19). The summed E-state index contributed by atoms with van der Waals surface area (Å²) in [4.78, 5) is 3.91. The molecule has 0 aliphatic carbocycles. The van der Waals surface area contributed by atoms with Crippen molar-refractivity contribution in [2.75, 3.05) is 5.43 Å². The lowest BCUT2D eigenvalue weighted by molar-refractivity contribution is 0.626. The molecule has 0 saturated carbocycles. The van der Waals surface area contributed by atoms with Crippen LogP contribution in [0.3, 0.4) is 0 Å². The summed E-state index contributed by atoms with van der Waals surface area (Å²) in [6, 6.07) is 7.67. The van der Waals surface area contributed by atoms with Crippen LogP contribution < -0.4 is 5.43 Å². The first-order valence-electron chi connectivity index (χ1n) is 5.13. The average Bonchev–Trinajstić information content (AvgIpc) is 2.38. The molecule has 1 aromatic carbocycles. The summed E-state index contributed by atoms with van der Waals surface area (Å²) in [5.41, 5.74) is 2.91. The number of benzene rings is 1. The van der Waals surface area contributed by atoms with Crippen LogP contribution >= 0.6 is 34.8 Å². The van der Waals surface area contributed by atoms with Gasteiger partial charge in [0.25, 0.3) is 0 Å². The number of nitrogens with one attached hydrogen (secondary N) is 1. The second-order valence-corrected chi connectivity index (χ2v) is 4.66. The second kappa shape index (κ2) is 6.19. The molecule has 98 valence electrons. The van der Waals surface area contributed by atoms with Gasteiger partial charge in [-0.15, -0.1) is 0 Å². The fourth-order valence-electron chi connectivity index (χ4n) is 1.27. The molecule has 0 unspecified atom stereocenters. The van der Waals surface area contributed by atoms with Crippen molar-refractivity contribution in [2.45, 2.75) is 0 Å². The van der Waals surface area contributed by atoms with Gasteiger partial charge >= 0.3 is 0 Å². The van der Waals surface area contributed by atoms with Crippen molar-refractivity contribution in [3.63, 3.8) is 0 Å². The SMILES string of the molecule is Fc1ccccc1C=NNc1nc(Cl)c(Cl)cc1Cl. The molecule has 19 heavy (non-hydrogen) atoms. The highest BCUT2D eigenvalue weighted by Crippen LogP contribution is 2.28. The van der Waals surface area contributed by atoms with Gasteiger partial charge in [-0.25, -0.2) is 9.37 Å². The zero-order valence-electron chi connectivity index (χ0n) is 9.37. The summed E-state index contributed by atoms with van der Waals surface area (Å²) in [6.45, 7) is 0. The van der Waals surface area contributed by atoms with Gasteiger partial charge < -0.3 is 0 Å². The summed E-state index contributed by atoms with van der Waals surface area (Å²) >= 11 is 17.4. The molecule has 1 heterocycles. The number of anilines is 1. The first-order valence-corrected chi connectivity index (χ1v) is 6.26. The number of rotatable bonds is 3. The predicted octanol–water partition coefficient (Wildman–Crippen LogP) is 4.63. The molecule has 2 rings (SSSR count). The lowest BCUT2D eigenvalue weighted by Crippen LogP contribution is -1.96. The van der Waals surface area contributed by atoms with E-state index in [4.69, 9.17) is 34.8 Å². The smallest absolute Gasteiger partial charge is 0.166 e. The van der Waals surface area contributed by atoms with Gasteiger partial charge in [0.1, 0.15) is 11.0 Å². The monoisotopic (exact) mass is 317 g/mol. The molecule has 0 radical (unpaired) electrons. The Kier molecular flexibility index (Phi) is 4.58. The van der Waals surface area contributed by atoms with Gasteiger partial charge in [0.2, 0.25) is 0 Å².